The molecule has 3 heterocycles. The van der Waals surface area contributed by atoms with Crippen LogP contribution >= 0.6 is 0 Å². The lowest BCUT2D eigenvalue weighted by Crippen LogP contribution is -2.43. The van der Waals surface area contributed by atoms with Gasteiger partial charge >= 0.3 is 0 Å². The summed E-state index contributed by atoms with van der Waals surface area (Å²) in [5, 5.41) is 10.9. The Bertz CT molecular complexity index is 1410. The predicted octanol–water partition coefficient (Wildman–Crippen LogP) is 6.32. The van der Waals surface area contributed by atoms with Gasteiger partial charge in [0.2, 0.25) is 8.32 Å². The number of hydrogen-bond acceptors (Lipinski definition) is 8. The summed E-state index contributed by atoms with van der Waals surface area (Å²) in [5.74, 6) is 0.870. The molecule has 1 aliphatic rings. The first-order valence-corrected chi connectivity index (χ1v) is 19.3. The highest BCUT2D eigenvalue weighted by Crippen LogP contribution is 2.40. The minimum Gasteiger partial charge on any atom is -0.543 e. The molecule has 0 N–H and O–H groups in total. The van der Waals surface area contributed by atoms with Crippen molar-refractivity contribution in [1.82, 2.24) is 19.6 Å². The fourth-order valence-corrected chi connectivity index (χ4v) is 5.98. The van der Waals surface area contributed by atoms with E-state index in [0.29, 0.717) is 19.6 Å². The normalized spacial score (nSPS) is 17.7. The zero-order chi connectivity index (χ0) is 29.8. The third-order valence-electron chi connectivity index (χ3n) is 8.02. The summed E-state index contributed by atoms with van der Waals surface area (Å²) in [6.07, 6.45) is 9.31. The number of benzene rings is 1. The minimum atomic E-state index is -3.41. The van der Waals surface area contributed by atoms with Crippen molar-refractivity contribution >= 4 is 29.3 Å². The first-order valence-electron chi connectivity index (χ1n) is 14.5. The van der Waals surface area contributed by atoms with E-state index in [-0.39, 0.29) is 23.9 Å². The quantitative estimate of drug-likeness (QED) is 0.126. The van der Waals surface area contributed by atoms with E-state index in [1.54, 1.807) is 0 Å². The Balaban J connectivity index is 1.51. The largest absolute Gasteiger partial charge is 0.543 e. The Kier molecular flexibility index (Phi) is 10.0. The van der Waals surface area contributed by atoms with Crippen LogP contribution in [0.15, 0.2) is 30.6 Å². The predicted molar refractivity (Wildman–Crippen MR) is 163 cm³/mol. The van der Waals surface area contributed by atoms with Gasteiger partial charge in [0, 0.05) is 37.0 Å². The highest BCUT2D eigenvalue weighted by atomic mass is 32.2. The van der Waals surface area contributed by atoms with Crippen molar-refractivity contribution < 1.29 is 26.5 Å². The van der Waals surface area contributed by atoms with Gasteiger partial charge in [0.15, 0.2) is 6.23 Å². The van der Waals surface area contributed by atoms with E-state index in [1.807, 2.05) is 21.8 Å². The lowest BCUT2D eigenvalue weighted by atomic mass is 10.1. The Morgan fingerprint density at radius 2 is 1.95 bits per heavy atom. The molecule has 0 bridgehead atoms. The highest BCUT2D eigenvalue weighted by Gasteiger charge is 2.39. The second kappa shape index (κ2) is 12.9. The van der Waals surface area contributed by atoms with Gasteiger partial charge in [-0.1, -0.05) is 20.8 Å². The van der Waals surface area contributed by atoms with E-state index in [4.69, 9.17) is 23.2 Å². The van der Waals surface area contributed by atoms with Gasteiger partial charge in [-0.25, -0.2) is 4.68 Å². The average molecular weight is 607 g/mol. The molecule has 10 nitrogen and oxygen atoms in total. The monoisotopic (exact) mass is 606 g/mol. The topological polar surface area (TPSA) is 107 Å². The van der Waals surface area contributed by atoms with Gasteiger partial charge in [0.05, 0.1) is 30.6 Å². The summed E-state index contributed by atoms with van der Waals surface area (Å²) < 4.78 is 49.3. The van der Waals surface area contributed by atoms with Crippen molar-refractivity contribution in [1.29, 1.82) is 0 Å². The minimum absolute atomic E-state index is 0.0823. The molecule has 0 amide bonds. The number of rotatable bonds is 13. The SMILES string of the molecule is CC(CCOCCCOS(C)(=O)=O)n1cc(-c2nn(C3CCCCO3)c3ccc(O[Si](C)(C)C(C)(C)C)cc23)cn1. The van der Waals surface area contributed by atoms with Gasteiger partial charge in [-0.3, -0.25) is 8.86 Å². The van der Waals surface area contributed by atoms with E-state index < -0.39 is 18.4 Å². The first-order chi connectivity index (χ1) is 19.2. The molecule has 1 aromatic carbocycles. The second-order valence-corrected chi connectivity index (χ2v) is 18.9. The lowest BCUT2D eigenvalue weighted by molar-refractivity contribution is -0.0365. The molecule has 1 aliphatic heterocycles. The maximum Gasteiger partial charge on any atom is 0.264 e. The Morgan fingerprint density at radius 1 is 1.17 bits per heavy atom. The van der Waals surface area contributed by atoms with Crippen molar-refractivity contribution in [2.45, 2.75) is 90.2 Å². The van der Waals surface area contributed by atoms with Crippen LogP contribution in [0.4, 0.5) is 0 Å². The molecule has 228 valence electrons. The van der Waals surface area contributed by atoms with Gasteiger partial charge in [-0.2, -0.15) is 18.6 Å². The molecule has 0 aliphatic carbocycles. The summed E-state index contributed by atoms with van der Waals surface area (Å²) in [7, 11) is -5.42. The number of nitrogens with zero attached hydrogens (tertiary/aromatic N) is 4. The third-order valence-corrected chi connectivity index (χ3v) is 13.0. The molecule has 2 atom stereocenters. The molecular weight excluding hydrogens is 560 g/mol. The Labute approximate surface area is 245 Å². The van der Waals surface area contributed by atoms with Crippen molar-refractivity contribution in [3.05, 3.63) is 30.6 Å². The molecule has 0 radical (unpaired) electrons. The smallest absolute Gasteiger partial charge is 0.264 e. The van der Waals surface area contributed by atoms with Gasteiger partial charge in [0.25, 0.3) is 10.1 Å². The summed E-state index contributed by atoms with van der Waals surface area (Å²) in [4.78, 5) is 0. The van der Waals surface area contributed by atoms with Crippen LogP contribution in [0.5, 0.6) is 5.75 Å². The number of aromatic nitrogens is 4. The number of fused-ring (bicyclic) bond motifs is 1. The summed E-state index contributed by atoms with van der Waals surface area (Å²) >= 11 is 0. The maximum absolute atomic E-state index is 11.0. The molecular formula is C29H46N4O6SSi. The fourth-order valence-electron chi connectivity index (χ4n) is 4.54. The average Bonchev–Trinajstić information content (AvgIpc) is 3.52. The molecule has 1 saturated heterocycles. The zero-order valence-electron chi connectivity index (χ0n) is 25.6. The number of ether oxygens (including phenoxy) is 2. The number of hydrogen-bond donors (Lipinski definition) is 0. The molecule has 4 rings (SSSR count). The van der Waals surface area contributed by atoms with Gasteiger partial charge in [-0.15, -0.1) is 0 Å². The van der Waals surface area contributed by atoms with Crippen LogP contribution in [-0.2, 0) is 23.8 Å². The molecule has 0 saturated carbocycles. The van der Waals surface area contributed by atoms with Crippen molar-refractivity contribution in [3.63, 3.8) is 0 Å². The first kappa shape index (κ1) is 31.7. The Morgan fingerprint density at radius 3 is 2.63 bits per heavy atom. The van der Waals surface area contributed by atoms with E-state index in [9.17, 15) is 8.42 Å². The fraction of sp³-hybridized carbons (Fsp3) is 0.655. The summed E-state index contributed by atoms with van der Waals surface area (Å²) in [6.45, 7) is 15.2. The van der Waals surface area contributed by atoms with Crippen LogP contribution in [0.25, 0.3) is 22.2 Å². The van der Waals surface area contributed by atoms with Crippen LogP contribution in [0.1, 0.15) is 72.1 Å². The molecule has 1 fully saturated rings. The molecule has 41 heavy (non-hydrogen) atoms. The molecule has 3 aromatic rings. The van der Waals surface area contributed by atoms with Gasteiger partial charge < -0.3 is 13.9 Å². The van der Waals surface area contributed by atoms with Gasteiger partial charge in [-0.05, 0) is 75.4 Å². The van der Waals surface area contributed by atoms with E-state index in [0.717, 1.165) is 66.5 Å². The molecule has 2 aromatic heterocycles. The van der Waals surface area contributed by atoms with E-state index in [2.05, 4.69) is 64.1 Å². The zero-order valence-corrected chi connectivity index (χ0v) is 27.4. The van der Waals surface area contributed by atoms with E-state index >= 15 is 0 Å². The molecule has 12 heteroatoms. The van der Waals surface area contributed by atoms with E-state index in [1.165, 1.54) is 0 Å². The van der Waals surface area contributed by atoms with Crippen molar-refractivity contribution in [2.75, 3.05) is 32.7 Å². The van der Waals surface area contributed by atoms with Crippen molar-refractivity contribution in [3.8, 4) is 17.0 Å². The lowest BCUT2D eigenvalue weighted by Gasteiger charge is -2.36. The highest BCUT2D eigenvalue weighted by molar-refractivity contribution is 7.85. The Hall–Kier alpha value is -2.25. The van der Waals surface area contributed by atoms with Crippen LogP contribution < -0.4 is 4.43 Å². The molecule has 2 unspecified atom stereocenters. The summed E-state index contributed by atoms with van der Waals surface area (Å²) in [5.41, 5.74) is 2.85. The third kappa shape index (κ3) is 8.19. The van der Waals surface area contributed by atoms with Crippen LogP contribution in [0, 0.1) is 0 Å². The standard InChI is InChI=1S/C29H46N4O6SSi/c1-22(14-18-36-15-10-17-38-40(5,34)35)32-21-23(20-30-32)28-25-19-24(39-41(6,7)29(2,3)4)12-13-26(25)33(31-28)27-11-8-9-16-37-27/h12-13,19-22,27H,8-11,14-18H2,1-7H3. The van der Waals surface area contributed by atoms with Crippen LogP contribution in [0.2, 0.25) is 18.1 Å². The van der Waals surface area contributed by atoms with Crippen LogP contribution in [0.3, 0.4) is 0 Å². The summed E-state index contributed by atoms with van der Waals surface area (Å²) in [6, 6.07) is 6.41. The van der Waals surface area contributed by atoms with Gasteiger partial charge in [0.1, 0.15) is 11.4 Å². The van der Waals surface area contributed by atoms with Crippen molar-refractivity contribution in [2.24, 2.45) is 0 Å². The van der Waals surface area contributed by atoms with Crippen LogP contribution in [-0.4, -0.2) is 69.0 Å². The molecule has 0 spiro atoms. The maximum atomic E-state index is 11.0. The second-order valence-electron chi connectivity index (χ2n) is 12.5.